The van der Waals surface area contributed by atoms with Crippen molar-refractivity contribution >= 4 is 34.7 Å². The first-order chi connectivity index (χ1) is 17.7. The Bertz CT molecular complexity index is 1210. The molecule has 0 aliphatic heterocycles. The van der Waals surface area contributed by atoms with Crippen LogP contribution in [0, 0.1) is 6.92 Å². The zero-order valence-corrected chi connectivity index (χ0v) is 22.9. The van der Waals surface area contributed by atoms with Crippen molar-refractivity contribution in [2.45, 2.75) is 52.6 Å². The van der Waals surface area contributed by atoms with E-state index in [-0.39, 0.29) is 18.4 Å². The molecule has 7 nitrogen and oxygen atoms in total. The van der Waals surface area contributed by atoms with Gasteiger partial charge in [-0.25, -0.2) is 0 Å². The Labute approximate surface area is 222 Å². The van der Waals surface area contributed by atoms with Crippen molar-refractivity contribution in [3.63, 3.8) is 0 Å². The molecule has 0 spiro atoms. The lowest BCUT2D eigenvalue weighted by molar-refractivity contribution is -0.127. The minimum Gasteiger partial charge on any atom is -0.492 e. The topological polar surface area (TPSA) is 87.7 Å². The molecule has 3 amide bonds. The van der Waals surface area contributed by atoms with Crippen molar-refractivity contribution in [3.8, 4) is 5.75 Å². The van der Waals surface area contributed by atoms with E-state index in [1.165, 1.54) is 16.2 Å². The number of carbonyl (C=O) groups excluding carboxylic acids is 3. The normalized spacial score (nSPS) is 11.9. The molecule has 3 aromatic rings. The molecule has 0 fully saturated rings. The van der Waals surface area contributed by atoms with E-state index in [2.05, 4.69) is 10.6 Å². The Balaban J connectivity index is 2.09. The molecule has 37 heavy (non-hydrogen) atoms. The first-order valence-electron chi connectivity index (χ1n) is 12.4. The highest BCUT2D eigenvalue weighted by Crippen LogP contribution is 2.35. The number of rotatable bonds is 11. The number of amides is 3. The third-order valence-corrected chi connectivity index (χ3v) is 6.95. The number of aryl methyl sites for hydroxylation is 1. The van der Waals surface area contributed by atoms with Gasteiger partial charge >= 0.3 is 0 Å². The first kappa shape index (κ1) is 27.9. The van der Waals surface area contributed by atoms with Crippen LogP contribution in [0.2, 0.25) is 0 Å². The zero-order valence-electron chi connectivity index (χ0n) is 22.0. The molecule has 1 heterocycles. The predicted molar refractivity (Wildman–Crippen MR) is 148 cm³/mol. The summed E-state index contributed by atoms with van der Waals surface area (Å²) in [7, 11) is 0. The fourth-order valence-electron chi connectivity index (χ4n) is 3.74. The molecule has 0 saturated heterocycles. The van der Waals surface area contributed by atoms with Crippen LogP contribution in [0.25, 0.3) is 0 Å². The lowest BCUT2D eigenvalue weighted by atomic mass is 9.97. The summed E-state index contributed by atoms with van der Waals surface area (Å²) in [6.45, 7) is 9.80. The summed E-state index contributed by atoms with van der Waals surface area (Å²) in [5.74, 6) is -0.625. The molecule has 1 atom stereocenters. The van der Waals surface area contributed by atoms with E-state index in [0.29, 0.717) is 34.9 Å². The number of thiophene rings is 1. The second kappa shape index (κ2) is 12.5. The third kappa shape index (κ3) is 7.20. The van der Waals surface area contributed by atoms with Crippen molar-refractivity contribution in [3.05, 3.63) is 82.0 Å². The van der Waals surface area contributed by atoms with E-state index in [4.69, 9.17) is 4.74 Å². The second-order valence-corrected chi connectivity index (χ2v) is 10.3. The Morgan fingerprint density at radius 3 is 2.32 bits per heavy atom. The maximum Gasteiger partial charge on any atom is 0.261 e. The van der Waals surface area contributed by atoms with Gasteiger partial charge in [0.25, 0.3) is 5.91 Å². The molecule has 0 bridgehead atoms. The number of hydrogen-bond donors (Lipinski definition) is 2. The summed E-state index contributed by atoms with van der Waals surface area (Å²) in [6.07, 6.45) is 0.708. The maximum atomic E-state index is 13.9. The molecule has 0 aliphatic carbocycles. The van der Waals surface area contributed by atoms with Crippen LogP contribution in [0.5, 0.6) is 5.75 Å². The highest BCUT2D eigenvalue weighted by molar-refractivity contribution is 7.12. The van der Waals surface area contributed by atoms with Gasteiger partial charge in [0, 0.05) is 5.54 Å². The lowest BCUT2D eigenvalue weighted by Gasteiger charge is -2.35. The number of anilines is 1. The number of hydrogen-bond acceptors (Lipinski definition) is 5. The summed E-state index contributed by atoms with van der Waals surface area (Å²) in [5.41, 5.74) is 1.66. The second-order valence-electron chi connectivity index (χ2n) is 9.36. The number of para-hydroxylation sites is 2. The first-order valence-corrected chi connectivity index (χ1v) is 13.3. The minimum absolute atomic E-state index is 0.288. The molecule has 0 radical (unpaired) electrons. The van der Waals surface area contributed by atoms with Gasteiger partial charge in [0.1, 0.15) is 11.8 Å². The Morgan fingerprint density at radius 2 is 1.70 bits per heavy atom. The highest BCUT2D eigenvalue weighted by Gasteiger charge is 2.36. The molecule has 1 aromatic heterocycles. The number of nitrogens with one attached hydrogen (secondary N) is 2. The SMILES string of the molecule is CCOc1ccccc1N(C(=O)CNC(=O)c1cccs1)C(C(=O)NC(C)(C)CC)c1ccc(C)cc1. The molecule has 0 aliphatic rings. The average Bonchev–Trinajstić information content (AvgIpc) is 3.42. The van der Waals surface area contributed by atoms with Crippen LogP contribution in [0.4, 0.5) is 5.69 Å². The van der Waals surface area contributed by atoms with E-state index in [9.17, 15) is 14.4 Å². The van der Waals surface area contributed by atoms with Gasteiger partial charge in [0.05, 0.1) is 23.7 Å². The van der Waals surface area contributed by atoms with Gasteiger partial charge in [-0.3, -0.25) is 19.3 Å². The van der Waals surface area contributed by atoms with Gasteiger partial charge in [-0.1, -0.05) is 55.0 Å². The lowest BCUT2D eigenvalue weighted by Crippen LogP contribution is -2.52. The smallest absolute Gasteiger partial charge is 0.261 e. The van der Waals surface area contributed by atoms with E-state index < -0.39 is 17.5 Å². The van der Waals surface area contributed by atoms with Gasteiger partial charge in [0.2, 0.25) is 11.8 Å². The predicted octanol–water partition coefficient (Wildman–Crippen LogP) is 5.26. The van der Waals surface area contributed by atoms with Crippen LogP contribution >= 0.6 is 11.3 Å². The Kier molecular flexibility index (Phi) is 9.47. The largest absolute Gasteiger partial charge is 0.492 e. The van der Waals surface area contributed by atoms with E-state index in [1.54, 1.807) is 35.7 Å². The van der Waals surface area contributed by atoms with E-state index in [0.717, 1.165) is 5.56 Å². The summed E-state index contributed by atoms with van der Waals surface area (Å²) in [6, 6.07) is 17.2. The molecule has 0 saturated carbocycles. The number of benzene rings is 2. The Hall–Kier alpha value is -3.65. The zero-order chi connectivity index (χ0) is 27.0. The van der Waals surface area contributed by atoms with Crippen LogP contribution in [0.15, 0.2) is 66.0 Å². The molecule has 2 N–H and O–H groups in total. The maximum absolute atomic E-state index is 13.9. The number of ether oxygens (including phenoxy) is 1. The fraction of sp³-hybridized carbons (Fsp3) is 0.345. The van der Waals surface area contributed by atoms with Crippen molar-refractivity contribution in [1.29, 1.82) is 0 Å². The van der Waals surface area contributed by atoms with Crippen molar-refractivity contribution in [1.82, 2.24) is 10.6 Å². The summed E-state index contributed by atoms with van der Waals surface area (Å²) in [5, 5.41) is 7.61. The fourth-order valence-corrected chi connectivity index (χ4v) is 4.38. The van der Waals surface area contributed by atoms with Gasteiger partial charge < -0.3 is 15.4 Å². The minimum atomic E-state index is -0.987. The summed E-state index contributed by atoms with van der Waals surface area (Å²) in [4.78, 5) is 42.3. The molecule has 2 aromatic carbocycles. The van der Waals surface area contributed by atoms with Crippen molar-refractivity contribution < 1.29 is 19.1 Å². The van der Waals surface area contributed by atoms with Crippen LogP contribution in [-0.4, -0.2) is 36.4 Å². The van der Waals surface area contributed by atoms with Crippen LogP contribution in [-0.2, 0) is 9.59 Å². The molecule has 196 valence electrons. The van der Waals surface area contributed by atoms with Gasteiger partial charge in [-0.15, -0.1) is 11.3 Å². The number of nitrogens with zero attached hydrogens (tertiary/aromatic N) is 1. The Morgan fingerprint density at radius 1 is 1.00 bits per heavy atom. The summed E-state index contributed by atoms with van der Waals surface area (Å²) >= 11 is 1.29. The van der Waals surface area contributed by atoms with Crippen LogP contribution < -0.4 is 20.3 Å². The van der Waals surface area contributed by atoms with E-state index in [1.807, 2.05) is 65.0 Å². The summed E-state index contributed by atoms with van der Waals surface area (Å²) < 4.78 is 5.85. The monoisotopic (exact) mass is 521 g/mol. The van der Waals surface area contributed by atoms with Gasteiger partial charge in [-0.05, 0) is 63.3 Å². The van der Waals surface area contributed by atoms with Crippen molar-refractivity contribution in [2.75, 3.05) is 18.1 Å². The molecular weight excluding hydrogens is 486 g/mol. The van der Waals surface area contributed by atoms with Crippen molar-refractivity contribution in [2.24, 2.45) is 0 Å². The van der Waals surface area contributed by atoms with E-state index >= 15 is 0 Å². The third-order valence-electron chi connectivity index (χ3n) is 6.08. The van der Waals surface area contributed by atoms with Crippen LogP contribution in [0.1, 0.15) is 61.0 Å². The molecule has 8 heteroatoms. The van der Waals surface area contributed by atoms with Gasteiger partial charge in [0.15, 0.2) is 0 Å². The standard InChI is InChI=1S/C29H35N3O4S/c1-6-29(4,5)31-28(35)26(21-16-14-20(3)15-17-21)32(22-11-8-9-12-23(22)36-7-2)25(33)19-30-27(34)24-13-10-18-37-24/h8-18,26H,6-7,19H2,1-5H3,(H,30,34)(H,31,35). The number of carbonyl (C=O) groups is 3. The average molecular weight is 522 g/mol. The molecule has 3 rings (SSSR count). The molecule has 1 unspecified atom stereocenters. The van der Waals surface area contributed by atoms with Gasteiger partial charge in [-0.2, -0.15) is 0 Å². The van der Waals surface area contributed by atoms with Crippen LogP contribution in [0.3, 0.4) is 0 Å². The molecular formula is C29H35N3O4S. The highest BCUT2D eigenvalue weighted by atomic mass is 32.1. The quantitative estimate of drug-likeness (QED) is 0.360.